The second-order valence-corrected chi connectivity index (χ2v) is 5.98. The summed E-state index contributed by atoms with van der Waals surface area (Å²) in [6, 6.07) is 3.40. The second-order valence-electron chi connectivity index (χ2n) is 5.57. The Morgan fingerprint density at radius 1 is 1.17 bits per heavy atom. The SMILES string of the molecule is O=C(Cc1cc2c(cc1Cl)OCCO2)NCCN1CCCOC1=O. The Bertz CT molecular complexity index is 637. The Morgan fingerprint density at radius 2 is 1.92 bits per heavy atom. The number of benzene rings is 1. The molecule has 24 heavy (non-hydrogen) atoms. The Labute approximate surface area is 144 Å². The van der Waals surface area contributed by atoms with Crippen LogP contribution in [0.5, 0.6) is 11.5 Å². The molecule has 2 aliphatic heterocycles. The molecular formula is C16H19ClN2O5. The molecule has 3 rings (SSSR count). The number of carbonyl (C=O) groups excluding carboxylic acids is 2. The van der Waals surface area contributed by atoms with E-state index in [-0.39, 0.29) is 18.4 Å². The van der Waals surface area contributed by atoms with E-state index in [9.17, 15) is 9.59 Å². The van der Waals surface area contributed by atoms with E-state index in [2.05, 4.69) is 5.32 Å². The van der Waals surface area contributed by atoms with Gasteiger partial charge < -0.3 is 24.4 Å². The molecule has 0 radical (unpaired) electrons. The number of nitrogens with zero attached hydrogens (tertiary/aromatic N) is 1. The minimum Gasteiger partial charge on any atom is -0.486 e. The summed E-state index contributed by atoms with van der Waals surface area (Å²) < 4.78 is 15.9. The van der Waals surface area contributed by atoms with E-state index in [0.717, 1.165) is 6.42 Å². The summed E-state index contributed by atoms with van der Waals surface area (Å²) in [7, 11) is 0. The summed E-state index contributed by atoms with van der Waals surface area (Å²) in [6.07, 6.45) is 0.622. The van der Waals surface area contributed by atoms with Crippen molar-refractivity contribution in [1.29, 1.82) is 0 Å². The molecule has 1 fully saturated rings. The maximum Gasteiger partial charge on any atom is 0.409 e. The van der Waals surface area contributed by atoms with E-state index in [1.807, 2.05) is 0 Å². The van der Waals surface area contributed by atoms with Gasteiger partial charge in [0.2, 0.25) is 5.91 Å². The maximum atomic E-state index is 12.1. The molecule has 0 spiro atoms. The van der Waals surface area contributed by atoms with Crippen LogP contribution in [0.25, 0.3) is 0 Å². The number of hydrogen-bond acceptors (Lipinski definition) is 5. The van der Waals surface area contributed by atoms with E-state index >= 15 is 0 Å². The molecule has 0 atom stereocenters. The largest absolute Gasteiger partial charge is 0.486 e. The lowest BCUT2D eigenvalue weighted by molar-refractivity contribution is -0.120. The molecule has 0 unspecified atom stereocenters. The summed E-state index contributed by atoms with van der Waals surface area (Å²) in [5, 5.41) is 3.25. The van der Waals surface area contributed by atoms with Crippen molar-refractivity contribution in [1.82, 2.24) is 10.2 Å². The van der Waals surface area contributed by atoms with Crippen LogP contribution in [0.15, 0.2) is 12.1 Å². The molecular weight excluding hydrogens is 336 g/mol. The summed E-state index contributed by atoms with van der Waals surface area (Å²) in [5.41, 5.74) is 0.677. The van der Waals surface area contributed by atoms with Crippen molar-refractivity contribution in [3.8, 4) is 11.5 Å². The normalized spacial score (nSPS) is 16.5. The zero-order chi connectivity index (χ0) is 16.9. The highest BCUT2D eigenvalue weighted by molar-refractivity contribution is 6.31. The minimum absolute atomic E-state index is 0.139. The minimum atomic E-state index is -0.328. The van der Waals surface area contributed by atoms with Crippen molar-refractivity contribution in [3.05, 3.63) is 22.7 Å². The third kappa shape index (κ3) is 4.03. The van der Waals surface area contributed by atoms with Crippen molar-refractivity contribution in [3.63, 3.8) is 0 Å². The van der Waals surface area contributed by atoms with Gasteiger partial charge in [0.25, 0.3) is 0 Å². The van der Waals surface area contributed by atoms with Crippen molar-refractivity contribution >= 4 is 23.6 Å². The van der Waals surface area contributed by atoms with Crippen LogP contribution in [-0.2, 0) is 16.0 Å². The molecule has 2 amide bonds. The Hall–Kier alpha value is -2.15. The predicted molar refractivity (Wildman–Crippen MR) is 86.7 cm³/mol. The summed E-state index contributed by atoms with van der Waals surface area (Å²) in [5.74, 6) is 1.03. The molecule has 1 N–H and O–H groups in total. The maximum absolute atomic E-state index is 12.1. The number of hydrogen-bond donors (Lipinski definition) is 1. The van der Waals surface area contributed by atoms with Gasteiger partial charge in [-0.3, -0.25) is 4.79 Å². The van der Waals surface area contributed by atoms with E-state index in [0.29, 0.717) is 61.5 Å². The number of carbonyl (C=O) groups is 2. The molecule has 1 aromatic rings. The van der Waals surface area contributed by atoms with E-state index in [4.69, 9.17) is 25.8 Å². The average Bonchev–Trinajstić information content (AvgIpc) is 2.57. The Kier molecular flexibility index (Phi) is 5.30. The third-order valence-electron chi connectivity index (χ3n) is 3.82. The molecule has 130 valence electrons. The smallest absolute Gasteiger partial charge is 0.409 e. The van der Waals surface area contributed by atoms with Crippen molar-refractivity contribution in [2.24, 2.45) is 0 Å². The molecule has 2 heterocycles. The highest BCUT2D eigenvalue weighted by Crippen LogP contribution is 2.35. The van der Waals surface area contributed by atoms with Gasteiger partial charge in [-0.05, 0) is 18.1 Å². The lowest BCUT2D eigenvalue weighted by atomic mass is 10.1. The van der Waals surface area contributed by atoms with Crippen LogP contribution in [0.3, 0.4) is 0 Å². The van der Waals surface area contributed by atoms with Gasteiger partial charge in [-0.25, -0.2) is 4.79 Å². The molecule has 7 nitrogen and oxygen atoms in total. The van der Waals surface area contributed by atoms with Gasteiger partial charge in [-0.15, -0.1) is 0 Å². The van der Waals surface area contributed by atoms with Crippen LogP contribution in [0.1, 0.15) is 12.0 Å². The highest BCUT2D eigenvalue weighted by atomic mass is 35.5. The fraction of sp³-hybridized carbons (Fsp3) is 0.500. The highest BCUT2D eigenvalue weighted by Gasteiger charge is 2.20. The van der Waals surface area contributed by atoms with Crippen LogP contribution in [0.2, 0.25) is 5.02 Å². The lowest BCUT2D eigenvalue weighted by Crippen LogP contribution is -2.42. The van der Waals surface area contributed by atoms with Gasteiger partial charge >= 0.3 is 6.09 Å². The van der Waals surface area contributed by atoms with Crippen molar-refractivity contribution in [2.45, 2.75) is 12.8 Å². The quantitative estimate of drug-likeness (QED) is 0.869. The fourth-order valence-electron chi connectivity index (χ4n) is 2.61. The number of halogens is 1. The summed E-state index contributed by atoms with van der Waals surface area (Å²) in [4.78, 5) is 25.2. The van der Waals surface area contributed by atoms with Crippen LogP contribution >= 0.6 is 11.6 Å². The van der Waals surface area contributed by atoms with Gasteiger partial charge in [-0.2, -0.15) is 0 Å². The topological polar surface area (TPSA) is 77.1 Å². The van der Waals surface area contributed by atoms with Crippen molar-refractivity contribution in [2.75, 3.05) is 39.5 Å². The number of rotatable bonds is 5. The number of nitrogens with one attached hydrogen (secondary N) is 1. The van der Waals surface area contributed by atoms with Crippen LogP contribution in [0.4, 0.5) is 4.79 Å². The van der Waals surface area contributed by atoms with Crippen LogP contribution < -0.4 is 14.8 Å². The van der Waals surface area contributed by atoms with Gasteiger partial charge in [0.05, 0.1) is 13.0 Å². The molecule has 0 bridgehead atoms. The van der Waals surface area contributed by atoms with Gasteiger partial charge in [0, 0.05) is 30.7 Å². The standard InChI is InChI=1S/C16H19ClN2O5/c17-12-10-14-13(22-6-7-23-14)8-11(12)9-15(20)18-2-4-19-3-1-5-24-16(19)21/h8,10H,1-7,9H2,(H,18,20). The van der Waals surface area contributed by atoms with Gasteiger partial charge in [0.15, 0.2) is 11.5 Å². The first-order valence-corrected chi connectivity index (χ1v) is 8.28. The van der Waals surface area contributed by atoms with E-state index < -0.39 is 0 Å². The Morgan fingerprint density at radius 3 is 2.67 bits per heavy atom. The van der Waals surface area contributed by atoms with Gasteiger partial charge in [-0.1, -0.05) is 11.6 Å². The molecule has 1 saturated heterocycles. The van der Waals surface area contributed by atoms with E-state index in [1.54, 1.807) is 17.0 Å². The molecule has 2 aliphatic rings. The van der Waals surface area contributed by atoms with Crippen LogP contribution in [-0.4, -0.2) is 56.4 Å². The zero-order valence-electron chi connectivity index (χ0n) is 13.2. The molecule has 0 saturated carbocycles. The summed E-state index contributed by atoms with van der Waals surface area (Å²) in [6.45, 7) is 2.89. The first-order valence-electron chi connectivity index (χ1n) is 7.90. The molecule has 0 aliphatic carbocycles. The first kappa shape index (κ1) is 16.7. The van der Waals surface area contributed by atoms with Crippen molar-refractivity contribution < 1.29 is 23.8 Å². The fourth-order valence-corrected chi connectivity index (χ4v) is 2.83. The van der Waals surface area contributed by atoms with E-state index in [1.165, 1.54) is 0 Å². The number of amides is 2. The van der Waals surface area contributed by atoms with Crippen LogP contribution in [0, 0.1) is 0 Å². The van der Waals surface area contributed by atoms with Gasteiger partial charge in [0.1, 0.15) is 13.2 Å². The number of cyclic esters (lactones) is 1. The monoisotopic (exact) mass is 354 g/mol. The molecule has 0 aromatic heterocycles. The summed E-state index contributed by atoms with van der Waals surface area (Å²) >= 11 is 6.20. The second kappa shape index (κ2) is 7.61. The molecule has 1 aromatic carbocycles. The number of ether oxygens (including phenoxy) is 3. The molecule has 8 heteroatoms. The Balaban J connectivity index is 1.50. The lowest BCUT2D eigenvalue weighted by Gasteiger charge is -2.26. The zero-order valence-corrected chi connectivity index (χ0v) is 13.9. The number of fused-ring (bicyclic) bond motifs is 1. The third-order valence-corrected chi connectivity index (χ3v) is 4.17. The predicted octanol–water partition coefficient (Wildman–Crippen LogP) is 1.61. The average molecular weight is 355 g/mol. The first-order chi connectivity index (χ1) is 11.6.